The average molecular weight is 502 g/mol. The Hall–Kier alpha value is -3.62. The van der Waals surface area contributed by atoms with Gasteiger partial charge in [-0.2, -0.15) is 0 Å². The third kappa shape index (κ3) is 5.01. The fourth-order valence-corrected chi connectivity index (χ4v) is 5.12. The lowest BCUT2D eigenvalue weighted by molar-refractivity contribution is 0.0303. The first kappa shape index (κ1) is 24.1. The number of methoxy groups -OCH3 is 1. The quantitative estimate of drug-likeness (QED) is 0.287. The second-order valence-electron chi connectivity index (χ2n) is 8.65. The molecule has 2 heterocycles. The minimum Gasteiger partial charge on any atom is -0.497 e. The van der Waals surface area contributed by atoms with Crippen LogP contribution in [-0.4, -0.2) is 53.8 Å². The molecule has 3 aromatic carbocycles. The minimum absolute atomic E-state index is 0.0761. The van der Waals surface area contributed by atoms with Crippen molar-refractivity contribution in [3.05, 3.63) is 93.8 Å². The summed E-state index contributed by atoms with van der Waals surface area (Å²) >= 11 is 1.48. The van der Waals surface area contributed by atoms with Gasteiger partial charge in [-0.05, 0) is 42.8 Å². The van der Waals surface area contributed by atoms with Crippen molar-refractivity contribution < 1.29 is 14.3 Å². The number of hydrogen-bond donors (Lipinski definition) is 0. The highest BCUT2D eigenvalue weighted by atomic mass is 32.2. The van der Waals surface area contributed by atoms with Gasteiger partial charge in [0.1, 0.15) is 5.75 Å². The summed E-state index contributed by atoms with van der Waals surface area (Å²) in [4.78, 5) is 33.4. The molecule has 36 heavy (non-hydrogen) atoms. The average Bonchev–Trinajstić information content (AvgIpc) is 2.92. The number of amides is 1. The van der Waals surface area contributed by atoms with E-state index < -0.39 is 0 Å². The van der Waals surface area contributed by atoms with Crippen LogP contribution in [0.15, 0.2) is 76.7 Å². The fourth-order valence-electron chi connectivity index (χ4n) is 4.15. The zero-order valence-corrected chi connectivity index (χ0v) is 21.1. The van der Waals surface area contributed by atoms with E-state index in [0.29, 0.717) is 65.1 Å². The molecular formula is C28H27N3O4S. The number of ether oxygens (including phenoxy) is 2. The topological polar surface area (TPSA) is 73.7 Å². The van der Waals surface area contributed by atoms with Gasteiger partial charge in [0.2, 0.25) is 0 Å². The number of thioether (sulfide) groups is 1. The number of morpholine rings is 1. The van der Waals surface area contributed by atoms with Crippen LogP contribution in [0.3, 0.4) is 0 Å². The van der Waals surface area contributed by atoms with E-state index in [1.807, 2.05) is 24.3 Å². The second-order valence-corrected chi connectivity index (χ2v) is 9.59. The van der Waals surface area contributed by atoms with Gasteiger partial charge in [-0.15, -0.1) is 0 Å². The van der Waals surface area contributed by atoms with Crippen LogP contribution in [0.2, 0.25) is 0 Å². The molecule has 1 aliphatic rings. The molecule has 0 atom stereocenters. The summed E-state index contributed by atoms with van der Waals surface area (Å²) in [6.07, 6.45) is 0. The summed E-state index contributed by atoms with van der Waals surface area (Å²) < 4.78 is 12.4. The van der Waals surface area contributed by atoms with Gasteiger partial charge >= 0.3 is 0 Å². The number of benzene rings is 3. The molecule has 4 aromatic rings. The predicted molar refractivity (Wildman–Crippen MR) is 141 cm³/mol. The Morgan fingerprint density at radius 3 is 2.58 bits per heavy atom. The summed E-state index contributed by atoms with van der Waals surface area (Å²) in [6, 6.07) is 20.8. The normalized spacial score (nSPS) is 13.7. The molecule has 0 unspecified atom stereocenters. The molecule has 1 saturated heterocycles. The lowest BCUT2D eigenvalue weighted by Crippen LogP contribution is -2.40. The molecule has 0 radical (unpaired) electrons. The summed E-state index contributed by atoms with van der Waals surface area (Å²) in [5, 5.41) is 1.01. The number of carbonyl (C=O) groups is 1. The number of nitrogens with zero attached hydrogens (tertiary/aromatic N) is 3. The van der Waals surface area contributed by atoms with Gasteiger partial charge < -0.3 is 14.4 Å². The molecule has 184 valence electrons. The van der Waals surface area contributed by atoms with Crippen molar-refractivity contribution in [2.75, 3.05) is 33.4 Å². The van der Waals surface area contributed by atoms with Crippen LogP contribution < -0.4 is 10.3 Å². The van der Waals surface area contributed by atoms with Crippen molar-refractivity contribution in [3.8, 4) is 11.4 Å². The maximum atomic E-state index is 13.7. The molecule has 1 aliphatic heterocycles. The number of rotatable bonds is 6. The van der Waals surface area contributed by atoms with Crippen molar-refractivity contribution in [3.63, 3.8) is 0 Å². The molecule has 1 fully saturated rings. The van der Waals surface area contributed by atoms with E-state index in [1.165, 1.54) is 17.3 Å². The number of carbonyl (C=O) groups excluding carboxylic acids is 1. The molecule has 1 amide bonds. The summed E-state index contributed by atoms with van der Waals surface area (Å²) in [5.41, 5.74) is 3.83. The van der Waals surface area contributed by atoms with Crippen molar-refractivity contribution >= 4 is 28.6 Å². The van der Waals surface area contributed by atoms with Crippen LogP contribution >= 0.6 is 11.8 Å². The van der Waals surface area contributed by atoms with E-state index in [2.05, 4.69) is 31.2 Å². The number of aryl methyl sites for hydroxylation is 1. The third-order valence-corrected chi connectivity index (χ3v) is 7.19. The Morgan fingerprint density at radius 1 is 1.06 bits per heavy atom. The second kappa shape index (κ2) is 10.6. The van der Waals surface area contributed by atoms with Crippen LogP contribution in [0.4, 0.5) is 0 Å². The smallest absolute Gasteiger partial charge is 0.266 e. The lowest BCUT2D eigenvalue weighted by atomic mass is 10.1. The van der Waals surface area contributed by atoms with Crippen molar-refractivity contribution in [1.82, 2.24) is 14.5 Å². The molecule has 1 aromatic heterocycles. The highest BCUT2D eigenvalue weighted by Crippen LogP contribution is 2.27. The van der Waals surface area contributed by atoms with E-state index in [0.717, 1.165) is 5.56 Å². The van der Waals surface area contributed by atoms with Gasteiger partial charge in [0, 0.05) is 30.5 Å². The predicted octanol–water partition coefficient (Wildman–Crippen LogP) is 4.47. The van der Waals surface area contributed by atoms with E-state index in [9.17, 15) is 9.59 Å². The first-order valence-electron chi connectivity index (χ1n) is 11.8. The Kier molecular flexibility index (Phi) is 7.06. The van der Waals surface area contributed by atoms with Crippen LogP contribution in [0.5, 0.6) is 5.75 Å². The van der Waals surface area contributed by atoms with Crippen LogP contribution in [0.1, 0.15) is 21.5 Å². The molecule has 5 rings (SSSR count). The Morgan fingerprint density at radius 2 is 1.83 bits per heavy atom. The fraction of sp³-hybridized carbons (Fsp3) is 0.250. The molecule has 0 aliphatic carbocycles. The van der Waals surface area contributed by atoms with Gasteiger partial charge in [-0.25, -0.2) is 4.98 Å². The van der Waals surface area contributed by atoms with Crippen molar-refractivity contribution in [2.45, 2.75) is 17.8 Å². The molecule has 7 nitrogen and oxygen atoms in total. The Balaban J connectivity index is 1.59. The van der Waals surface area contributed by atoms with Gasteiger partial charge in [-0.3, -0.25) is 14.2 Å². The van der Waals surface area contributed by atoms with Crippen molar-refractivity contribution in [1.29, 1.82) is 0 Å². The minimum atomic E-state index is -0.190. The van der Waals surface area contributed by atoms with Gasteiger partial charge in [-0.1, -0.05) is 47.7 Å². The Bertz CT molecular complexity index is 1460. The molecule has 0 N–H and O–H groups in total. The van der Waals surface area contributed by atoms with Crippen LogP contribution in [0.25, 0.3) is 16.6 Å². The van der Waals surface area contributed by atoms with Gasteiger partial charge in [0.05, 0.1) is 36.9 Å². The molecule has 0 spiro atoms. The standard InChI is InChI=1S/C28H27N3O4S/c1-19-6-8-20(9-7-19)18-36-28-29-25-16-21(26(32)30-12-14-35-15-13-30)10-11-24(25)27(33)31(28)22-4-3-5-23(17-22)34-2/h3-11,16-17H,12-15,18H2,1-2H3. The zero-order chi connectivity index (χ0) is 25.1. The zero-order valence-electron chi connectivity index (χ0n) is 20.3. The largest absolute Gasteiger partial charge is 0.497 e. The summed E-state index contributed by atoms with van der Waals surface area (Å²) in [6.45, 7) is 4.22. The maximum Gasteiger partial charge on any atom is 0.266 e. The molecular weight excluding hydrogens is 474 g/mol. The van der Waals surface area contributed by atoms with Crippen LogP contribution in [0, 0.1) is 6.92 Å². The van der Waals surface area contributed by atoms with E-state index >= 15 is 0 Å². The first-order valence-corrected chi connectivity index (χ1v) is 12.8. The number of aromatic nitrogens is 2. The molecule has 0 saturated carbocycles. The van der Waals surface area contributed by atoms with Gasteiger partial charge in [0.25, 0.3) is 11.5 Å². The first-order chi connectivity index (χ1) is 17.5. The van der Waals surface area contributed by atoms with E-state index in [4.69, 9.17) is 14.5 Å². The highest BCUT2D eigenvalue weighted by molar-refractivity contribution is 7.98. The van der Waals surface area contributed by atoms with Crippen molar-refractivity contribution in [2.24, 2.45) is 0 Å². The lowest BCUT2D eigenvalue weighted by Gasteiger charge is -2.26. The van der Waals surface area contributed by atoms with Gasteiger partial charge in [0.15, 0.2) is 5.16 Å². The van der Waals surface area contributed by atoms with E-state index in [-0.39, 0.29) is 11.5 Å². The SMILES string of the molecule is COc1cccc(-n2c(SCc3ccc(C)cc3)nc3cc(C(=O)N4CCOCC4)ccc3c2=O)c1. The molecule has 8 heteroatoms. The monoisotopic (exact) mass is 501 g/mol. The number of hydrogen-bond acceptors (Lipinski definition) is 6. The maximum absolute atomic E-state index is 13.7. The number of fused-ring (bicyclic) bond motifs is 1. The van der Waals surface area contributed by atoms with E-state index in [1.54, 1.807) is 34.8 Å². The van der Waals surface area contributed by atoms with Crippen LogP contribution in [-0.2, 0) is 10.5 Å². The molecule has 0 bridgehead atoms. The summed E-state index contributed by atoms with van der Waals surface area (Å²) in [5.74, 6) is 1.22. The summed E-state index contributed by atoms with van der Waals surface area (Å²) in [7, 11) is 1.60. The highest BCUT2D eigenvalue weighted by Gasteiger charge is 2.20. The third-order valence-electron chi connectivity index (χ3n) is 6.18. The Labute approximate surface area is 213 Å².